The Hall–Kier alpha value is -2.83. The summed E-state index contributed by atoms with van der Waals surface area (Å²) in [6.07, 6.45) is 6.34. The predicted molar refractivity (Wildman–Crippen MR) is 109 cm³/mol. The van der Waals surface area contributed by atoms with E-state index in [9.17, 15) is 9.59 Å². The number of hydrogen-bond acceptors (Lipinski definition) is 4. The van der Waals surface area contributed by atoms with E-state index in [2.05, 4.69) is 10.4 Å². The highest BCUT2D eigenvalue weighted by atomic mass is 16.5. The maximum absolute atomic E-state index is 12.8. The molecular weight excluding hydrogens is 368 g/mol. The maximum atomic E-state index is 12.8. The van der Waals surface area contributed by atoms with E-state index in [1.54, 1.807) is 11.8 Å². The predicted octanol–water partition coefficient (Wildman–Crippen LogP) is 3.45. The molecule has 4 rings (SSSR count). The quantitative estimate of drug-likeness (QED) is 0.803. The summed E-state index contributed by atoms with van der Waals surface area (Å²) < 4.78 is 7.04. The molecule has 7 nitrogen and oxygen atoms in total. The Labute approximate surface area is 171 Å². The van der Waals surface area contributed by atoms with Crippen molar-refractivity contribution in [3.63, 3.8) is 0 Å². The van der Waals surface area contributed by atoms with Crippen molar-refractivity contribution < 1.29 is 14.3 Å². The fourth-order valence-electron chi connectivity index (χ4n) is 4.25. The summed E-state index contributed by atoms with van der Waals surface area (Å²) in [6.45, 7) is 3.04. The molecule has 0 bridgehead atoms. The van der Waals surface area contributed by atoms with Crippen LogP contribution in [0.3, 0.4) is 0 Å². The molecule has 1 aliphatic carbocycles. The zero-order valence-electron chi connectivity index (χ0n) is 16.9. The van der Waals surface area contributed by atoms with Gasteiger partial charge in [0.25, 0.3) is 0 Å². The molecule has 1 aliphatic heterocycles. The Morgan fingerprint density at radius 3 is 2.66 bits per heavy atom. The van der Waals surface area contributed by atoms with Gasteiger partial charge < -0.3 is 15.0 Å². The molecule has 0 atom stereocenters. The van der Waals surface area contributed by atoms with Crippen LogP contribution in [0, 0.1) is 0 Å². The van der Waals surface area contributed by atoms with Crippen molar-refractivity contribution in [3.8, 4) is 5.69 Å². The smallest absolute Gasteiger partial charge is 0.359 e. The number of benzene rings is 1. The number of aromatic nitrogens is 2. The highest BCUT2D eigenvalue weighted by Crippen LogP contribution is 2.26. The normalized spacial score (nSPS) is 16.9. The first kappa shape index (κ1) is 19.5. The summed E-state index contributed by atoms with van der Waals surface area (Å²) in [4.78, 5) is 27.2. The summed E-state index contributed by atoms with van der Waals surface area (Å²) in [5, 5.41) is 7.75. The van der Waals surface area contributed by atoms with Gasteiger partial charge in [-0.05, 0) is 31.9 Å². The summed E-state index contributed by atoms with van der Waals surface area (Å²) >= 11 is 0. The van der Waals surface area contributed by atoms with E-state index < -0.39 is 5.97 Å². The monoisotopic (exact) mass is 396 g/mol. The second-order valence-electron chi connectivity index (χ2n) is 7.70. The molecule has 1 aromatic carbocycles. The number of para-hydroxylation sites is 1. The molecule has 1 saturated carbocycles. The first-order valence-corrected chi connectivity index (χ1v) is 10.6. The number of urea groups is 1. The minimum absolute atomic E-state index is 0.0511. The van der Waals surface area contributed by atoms with E-state index in [1.165, 1.54) is 19.3 Å². The average Bonchev–Trinajstić information content (AvgIpc) is 3.14. The molecule has 2 amide bonds. The Morgan fingerprint density at radius 2 is 1.93 bits per heavy atom. The zero-order valence-corrected chi connectivity index (χ0v) is 16.9. The van der Waals surface area contributed by atoms with Gasteiger partial charge in [0, 0.05) is 24.6 Å². The van der Waals surface area contributed by atoms with Crippen LogP contribution in [0.4, 0.5) is 4.79 Å². The number of esters is 1. The van der Waals surface area contributed by atoms with E-state index in [1.807, 2.05) is 35.0 Å². The van der Waals surface area contributed by atoms with Crippen molar-refractivity contribution >= 4 is 12.0 Å². The molecule has 0 radical (unpaired) electrons. The molecular formula is C22H28N4O3. The van der Waals surface area contributed by atoms with Gasteiger partial charge in [-0.2, -0.15) is 5.10 Å². The van der Waals surface area contributed by atoms with E-state index in [-0.39, 0.29) is 18.7 Å². The minimum Gasteiger partial charge on any atom is -0.461 e. The lowest BCUT2D eigenvalue weighted by Gasteiger charge is -2.31. The summed E-state index contributed by atoms with van der Waals surface area (Å²) in [5.74, 6) is -0.437. The second-order valence-corrected chi connectivity index (χ2v) is 7.70. The van der Waals surface area contributed by atoms with Crippen LogP contribution in [-0.2, 0) is 17.7 Å². The van der Waals surface area contributed by atoms with Gasteiger partial charge in [0.1, 0.15) is 0 Å². The second kappa shape index (κ2) is 8.68. The van der Waals surface area contributed by atoms with Crippen molar-refractivity contribution in [2.24, 2.45) is 0 Å². The van der Waals surface area contributed by atoms with Crippen LogP contribution in [-0.4, -0.2) is 45.9 Å². The van der Waals surface area contributed by atoms with Crippen molar-refractivity contribution in [2.75, 3.05) is 13.2 Å². The molecule has 1 aromatic heterocycles. The molecule has 7 heteroatoms. The van der Waals surface area contributed by atoms with Crippen LogP contribution in [0.2, 0.25) is 0 Å². The number of rotatable bonds is 4. The molecule has 1 fully saturated rings. The van der Waals surface area contributed by atoms with Crippen molar-refractivity contribution in [1.82, 2.24) is 20.0 Å². The SMILES string of the molecule is CCOC(=O)c1nn(-c2ccccc2)c2c1CN(C(=O)NC1CCCCC1)CC2. The molecule has 0 unspecified atom stereocenters. The number of amides is 2. The molecule has 2 aromatic rings. The Bertz CT molecular complexity index is 872. The third kappa shape index (κ3) is 4.13. The third-order valence-corrected chi connectivity index (χ3v) is 5.75. The van der Waals surface area contributed by atoms with Gasteiger partial charge in [-0.25, -0.2) is 14.3 Å². The van der Waals surface area contributed by atoms with E-state index in [0.29, 0.717) is 25.2 Å². The van der Waals surface area contributed by atoms with Crippen LogP contribution in [0.25, 0.3) is 5.69 Å². The summed E-state index contributed by atoms with van der Waals surface area (Å²) in [5.41, 5.74) is 2.97. The molecule has 2 heterocycles. The molecule has 1 N–H and O–H groups in total. The van der Waals surface area contributed by atoms with Crippen LogP contribution in [0.1, 0.15) is 60.8 Å². The van der Waals surface area contributed by atoms with E-state index >= 15 is 0 Å². The van der Waals surface area contributed by atoms with Crippen LogP contribution in [0.15, 0.2) is 30.3 Å². The molecule has 0 saturated heterocycles. The number of hydrogen-bond donors (Lipinski definition) is 1. The van der Waals surface area contributed by atoms with Gasteiger partial charge in [-0.15, -0.1) is 0 Å². The van der Waals surface area contributed by atoms with Gasteiger partial charge in [-0.1, -0.05) is 37.5 Å². The largest absolute Gasteiger partial charge is 0.461 e. The molecule has 2 aliphatic rings. The first-order valence-electron chi connectivity index (χ1n) is 10.6. The number of nitrogens with one attached hydrogen (secondary N) is 1. The number of carbonyl (C=O) groups excluding carboxylic acids is 2. The van der Waals surface area contributed by atoms with Crippen LogP contribution >= 0.6 is 0 Å². The van der Waals surface area contributed by atoms with Gasteiger partial charge in [0.05, 0.1) is 24.5 Å². The standard InChI is InChI=1S/C22H28N4O3/c1-2-29-21(27)20-18-15-25(22(28)23-16-9-5-3-6-10-16)14-13-19(18)26(24-20)17-11-7-4-8-12-17/h4,7-8,11-12,16H,2-3,5-6,9-10,13-15H2,1H3,(H,23,28). The number of fused-ring (bicyclic) bond motifs is 1. The zero-order chi connectivity index (χ0) is 20.2. The highest BCUT2D eigenvalue weighted by Gasteiger charge is 2.31. The van der Waals surface area contributed by atoms with Gasteiger partial charge in [0.15, 0.2) is 5.69 Å². The fraction of sp³-hybridized carbons (Fsp3) is 0.500. The molecule has 154 valence electrons. The van der Waals surface area contributed by atoms with Crippen LogP contribution in [0.5, 0.6) is 0 Å². The van der Waals surface area contributed by atoms with E-state index in [0.717, 1.165) is 29.8 Å². The fourth-order valence-corrected chi connectivity index (χ4v) is 4.25. The Balaban J connectivity index is 1.59. The third-order valence-electron chi connectivity index (χ3n) is 5.75. The Morgan fingerprint density at radius 1 is 1.17 bits per heavy atom. The minimum atomic E-state index is -0.437. The summed E-state index contributed by atoms with van der Waals surface area (Å²) in [7, 11) is 0. The van der Waals surface area contributed by atoms with Crippen LogP contribution < -0.4 is 5.32 Å². The van der Waals surface area contributed by atoms with Gasteiger partial charge in [0.2, 0.25) is 0 Å². The average molecular weight is 396 g/mol. The maximum Gasteiger partial charge on any atom is 0.359 e. The molecule has 0 spiro atoms. The lowest BCUT2D eigenvalue weighted by Crippen LogP contribution is -2.47. The van der Waals surface area contributed by atoms with E-state index in [4.69, 9.17) is 4.74 Å². The molecule has 29 heavy (non-hydrogen) atoms. The number of nitrogens with zero attached hydrogens (tertiary/aromatic N) is 3. The van der Waals surface area contributed by atoms with Crippen molar-refractivity contribution in [2.45, 2.75) is 58.0 Å². The topological polar surface area (TPSA) is 76.5 Å². The van der Waals surface area contributed by atoms with Gasteiger partial charge >= 0.3 is 12.0 Å². The van der Waals surface area contributed by atoms with Gasteiger partial charge in [-0.3, -0.25) is 0 Å². The highest BCUT2D eigenvalue weighted by molar-refractivity contribution is 5.89. The number of carbonyl (C=O) groups is 2. The lowest BCUT2D eigenvalue weighted by atomic mass is 9.95. The van der Waals surface area contributed by atoms with Crippen molar-refractivity contribution in [3.05, 3.63) is 47.3 Å². The van der Waals surface area contributed by atoms with Crippen molar-refractivity contribution in [1.29, 1.82) is 0 Å². The first-order chi connectivity index (χ1) is 14.2. The lowest BCUT2D eigenvalue weighted by molar-refractivity contribution is 0.0516. The summed E-state index contributed by atoms with van der Waals surface area (Å²) in [6, 6.07) is 9.97. The Kier molecular flexibility index (Phi) is 5.83. The number of ether oxygens (including phenoxy) is 1.